The first kappa shape index (κ1) is 16.7. The van der Waals surface area contributed by atoms with E-state index in [-0.39, 0.29) is 5.91 Å². The smallest absolute Gasteiger partial charge is 0.262 e. The molecule has 25 heavy (non-hydrogen) atoms. The molecule has 0 aliphatic rings. The molecular weight excluding hydrogens is 310 g/mol. The summed E-state index contributed by atoms with van der Waals surface area (Å²) in [4.78, 5) is 12.3. The van der Waals surface area contributed by atoms with Crippen LogP contribution in [0.5, 0.6) is 0 Å². The summed E-state index contributed by atoms with van der Waals surface area (Å²) in [5.74, 6) is -0.177. The van der Waals surface area contributed by atoms with Crippen LogP contribution >= 0.6 is 0 Å². The van der Waals surface area contributed by atoms with Crippen molar-refractivity contribution in [3.05, 3.63) is 78.4 Å². The molecule has 0 fully saturated rings. The van der Waals surface area contributed by atoms with Gasteiger partial charge in [0.15, 0.2) is 0 Å². The van der Waals surface area contributed by atoms with Crippen molar-refractivity contribution in [3.8, 4) is 0 Å². The standard InChI is InChI=1S/C21H21N3O/c1-15(17-8-4-3-5-9-17)23-24-21(25)16(2)22-20-13-12-18-10-6-7-11-19(18)14-20/h3-14,16,22H,1-2H3,(H,24,25)/b23-15-/t16-/m0/s1. The number of hydrogen-bond acceptors (Lipinski definition) is 3. The number of anilines is 1. The van der Waals surface area contributed by atoms with Crippen LogP contribution in [0.2, 0.25) is 0 Å². The Kier molecular flexibility index (Phi) is 5.09. The van der Waals surface area contributed by atoms with Gasteiger partial charge in [-0.25, -0.2) is 5.43 Å². The van der Waals surface area contributed by atoms with E-state index in [2.05, 4.69) is 28.0 Å². The van der Waals surface area contributed by atoms with Crippen LogP contribution in [0.1, 0.15) is 19.4 Å². The molecule has 0 aliphatic heterocycles. The Bertz CT molecular complexity index is 903. The van der Waals surface area contributed by atoms with E-state index in [0.29, 0.717) is 0 Å². The molecule has 0 saturated carbocycles. The highest BCUT2D eigenvalue weighted by Crippen LogP contribution is 2.19. The van der Waals surface area contributed by atoms with Gasteiger partial charge in [-0.3, -0.25) is 4.79 Å². The highest BCUT2D eigenvalue weighted by molar-refractivity contribution is 5.99. The average Bonchev–Trinajstić information content (AvgIpc) is 2.66. The Morgan fingerprint density at radius 3 is 2.36 bits per heavy atom. The van der Waals surface area contributed by atoms with Crippen LogP contribution in [0.25, 0.3) is 10.8 Å². The van der Waals surface area contributed by atoms with Crippen molar-refractivity contribution < 1.29 is 4.79 Å². The summed E-state index contributed by atoms with van der Waals surface area (Å²) in [7, 11) is 0. The lowest BCUT2D eigenvalue weighted by atomic mass is 10.1. The molecule has 0 aliphatic carbocycles. The summed E-state index contributed by atoms with van der Waals surface area (Å²) in [5.41, 5.74) is 5.29. The third kappa shape index (κ3) is 4.23. The van der Waals surface area contributed by atoms with Gasteiger partial charge in [0.2, 0.25) is 0 Å². The monoisotopic (exact) mass is 331 g/mol. The third-order valence-corrected chi connectivity index (χ3v) is 4.05. The summed E-state index contributed by atoms with van der Waals surface area (Å²) in [5, 5.41) is 9.71. The Morgan fingerprint density at radius 2 is 1.60 bits per heavy atom. The van der Waals surface area contributed by atoms with E-state index in [1.807, 2.05) is 74.5 Å². The second-order valence-electron chi connectivity index (χ2n) is 5.97. The molecule has 0 bridgehead atoms. The fourth-order valence-electron chi connectivity index (χ4n) is 2.57. The van der Waals surface area contributed by atoms with Gasteiger partial charge in [0, 0.05) is 5.69 Å². The van der Waals surface area contributed by atoms with Crippen molar-refractivity contribution in [1.82, 2.24) is 5.43 Å². The number of hydrazone groups is 1. The minimum Gasteiger partial charge on any atom is -0.374 e. The maximum Gasteiger partial charge on any atom is 0.262 e. The zero-order valence-corrected chi connectivity index (χ0v) is 14.4. The van der Waals surface area contributed by atoms with Gasteiger partial charge in [0.1, 0.15) is 6.04 Å². The number of nitrogens with zero attached hydrogens (tertiary/aromatic N) is 1. The fraction of sp³-hybridized carbons (Fsp3) is 0.143. The molecule has 126 valence electrons. The van der Waals surface area contributed by atoms with Gasteiger partial charge in [0.25, 0.3) is 5.91 Å². The summed E-state index contributed by atoms with van der Waals surface area (Å²) in [6, 6.07) is 23.6. The van der Waals surface area contributed by atoms with Gasteiger partial charge in [-0.05, 0) is 42.3 Å². The van der Waals surface area contributed by atoms with Crippen molar-refractivity contribution in [2.75, 3.05) is 5.32 Å². The fourth-order valence-corrected chi connectivity index (χ4v) is 2.57. The van der Waals surface area contributed by atoms with E-state index in [4.69, 9.17) is 0 Å². The van der Waals surface area contributed by atoms with Crippen molar-refractivity contribution >= 4 is 28.1 Å². The molecule has 3 aromatic carbocycles. The summed E-state index contributed by atoms with van der Waals surface area (Å²) < 4.78 is 0. The summed E-state index contributed by atoms with van der Waals surface area (Å²) in [6.07, 6.45) is 0. The van der Waals surface area contributed by atoms with Gasteiger partial charge < -0.3 is 5.32 Å². The van der Waals surface area contributed by atoms with Crippen LogP contribution in [-0.2, 0) is 4.79 Å². The van der Waals surface area contributed by atoms with E-state index < -0.39 is 6.04 Å². The van der Waals surface area contributed by atoms with Crippen LogP contribution in [0, 0.1) is 0 Å². The predicted octanol–water partition coefficient (Wildman–Crippen LogP) is 4.18. The molecule has 4 heteroatoms. The Labute approximate surface area is 147 Å². The van der Waals surface area contributed by atoms with E-state index in [9.17, 15) is 4.79 Å². The van der Waals surface area contributed by atoms with Crippen LogP contribution in [0.3, 0.4) is 0 Å². The number of fused-ring (bicyclic) bond motifs is 1. The van der Waals surface area contributed by atoms with E-state index in [1.54, 1.807) is 0 Å². The van der Waals surface area contributed by atoms with Crippen LogP contribution in [-0.4, -0.2) is 17.7 Å². The molecule has 1 atom stereocenters. The average molecular weight is 331 g/mol. The molecule has 0 saturated heterocycles. The number of nitrogens with one attached hydrogen (secondary N) is 2. The Hall–Kier alpha value is -3.14. The maximum atomic E-state index is 12.3. The van der Waals surface area contributed by atoms with Gasteiger partial charge >= 0.3 is 0 Å². The number of amides is 1. The molecule has 0 radical (unpaired) electrons. The maximum absolute atomic E-state index is 12.3. The van der Waals surface area contributed by atoms with Crippen molar-refractivity contribution in [2.45, 2.75) is 19.9 Å². The van der Waals surface area contributed by atoms with Gasteiger partial charge in [0.05, 0.1) is 5.71 Å². The molecule has 0 spiro atoms. The first-order valence-corrected chi connectivity index (χ1v) is 8.28. The molecule has 2 N–H and O–H groups in total. The number of hydrogen-bond donors (Lipinski definition) is 2. The van der Waals surface area contributed by atoms with Crippen molar-refractivity contribution in [3.63, 3.8) is 0 Å². The second-order valence-corrected chi connectivity index (χ2v) is 5.97. The summed E-state index contributed by atoms with van der Waals surface area (Å²) in [6.45, 7) is 3.69. The van der Waals surface area contributed by atoms with Crippen molar-refractivity contribution in [2.24, 2.45) is 5.10 Å². The van der Waals surface area contributed by atoms with E-state index in [0.717, 1.165) is 22.3 Å². The minimum absolute atomic E-state index is 0.177. The van der Waals surface area contributed by atoms with E-state index in [1.165, 1.54) is 5.39 Å². The SMILES string of the molecule is C/C(=N/NC(=O)[C@H](C)Nc1ccc2ccccc2c1)c1ccccc1. The van der Waals surface area contributed by atoms with Crippen LogP contribution < -0.4 is 10.7 Å². The van der Waals surface area contributed by atoms with Crippen molar-refractivity contribution in [1.29, 1.82) is 0 Å². The van der Waals surface area contributed by atoms with Gasteiger partial charge in [-0.15, -0.1) is 0 Å². The lowest BCUT2D eigenvalue weighted by Gasteiger charge is -2.14. The number of rotatable bonds is 5. The first-order valence-electron chi connectivity index (χ1n) is 8.28. The minimum atomic E-state index is -0.395. The molecule has 4 nitrogen and oxygen atoms in total. The molecule has 3 aromatic rings. The second kappa shape index (κ2) is 7.62. The van der Waals surface area contributed by atoms with Crippen LogP contribution in [0.15, 0.2) is 77.9 Å². The topological polar surface area (TPSA) is 53.5 Å². The largest absolute Gasteiger partial charge is 0.374 e. The van der Waals surface area contributed by atoms with E-state index >= 15 is 0 Å². The lowest BCUT2D eigenvalue weighted by molar-refractivity contribution is -0.121. The molecule has 0 aromatic heterocycles. The molecule has 3 rings (SSSR count). The normalized spacial score (nSPS) is 12.6. The predicted molar refractivity (Wildman–Crippen MR) is 104 cm³/mol. The Balaban J connectivity index is 1.63. The number of carbonyl (C=O) groups excluding carboxylic acids is 1. The zero-order chi connectivity index (χ0) is 17.6. The number of benzene rings is 3. The summed E-state index contributed by atoms with van der Waals surface area (Å²) >= 11 is 0. The quantitative estimate of drug-likeness (QED) is 0.544. The lowest BCUT2D eigenvalue weighted by Crippen LogP contribution is -2.35. The Morgan fingerprint density at radius 1 is 0.920 bits per heavy atom. The van der Waals surface area contributed by atoms with Gasteiger partial charge in [-0.1, -0.05) is 60.7 Å². The zero-order valence-electron chi connectivity index (χ0n) is 14.4. The van der Waals surface area contributed by atoms with Gasteiger partial charge in [-0.2, -0.15) is 5.10 Å². The highest BCUT2D eigenvalue weighted by Gasteiger charge is 2.12. The molecule has 1 amide bonds. The van der Waals surface area contributed by atoms with Crippen LogP contribution in [0.4, 0.5) is 5.69 Å². The third-order valence-electron chi connectivity index (χ3n) is 4.05. The molecule has 0 unspecified atom stereocenters. The molecule has 0 heterocycles. The first-order chi connectivity index (χ1) is 12.1. The number of carbonyl (C=O) groups is 1. The molecular formula is C21H21N3O. The highest BCUT2D eigenvalue weighted by atomic mass is 16.2.